The van der Waals surface area contributed by atoms with Crippen LogP contribution in [0.5, 0.6) is 0 Å². The molecule has 0 spiro atoms. The quantitative estimate of drug-likeness (QED) is 0.598. The van der Waals surface area contributed by atoms with Crippen LogP contribution >= 0.6 is 0 Å². The van der Waals surface area contributed by atoms with Crippen molar-refractivity contribution < 1.29 is 14.7 Å². The third kappa shape index (κ3) is 2.06. The SMILES string of the molecule is CN(C)C=C1C(=O)N(C(=O)O)C2C3=C(CCCC3(C)C)CC12. The first-order chi connectivity index (χ1) is 10.2. The monoisotopic (exact) mass is 304 g/mol. The van der Waals surface area contributed by atoms with E-state index in [4.69, 9.17) is 0 Å². The second-order valence-corrected chi connectivity index (χ2v) is 7.52. The summed E-state index contributed by atoms with van der Waals surface area (Å²) in [7, 11) is 3.73. The Labute approximate surface area is 131 Å². The summed E-state index contributed by atoms with van der Waals surface area (Å²) < 4.78 is 0. The molecule has 0 radical (unpaired) electrons. The molecule has 0 aromatic carbocycles. The van der Waals surface area contributed by atoms with Gasteiger partial charge in [0.25, 0.3) is 5.91 Å². The minimum Gasteiger partial charge on any atom is -0.465 e. The van der Waals surface area contributed by atoms with Gasteiger partial charge in [0.1, 0.15) is 0 Å². The maximum absolute atomic E-state index is 12.6. The van der Waals surface area contributed by atoms with Crippen molar-refractivity contribution in [3.8, 4) is 0 Å². The molecule has 22 heavy (non-hydrogen) atoms. The number of hydrogen-bond donors (Lipinski definition) is 1. The highest BCUT2D eigenvalue weighted by atomic mass is 16.4. The Morgan fingerprint density at radius 2 is 2.09 bits per heavy atom. The summed E-state index contributed by atoms with van der Waals surface area (Å²) in [6, 6.07) is -0.290. The van der Waals surface area contributed by atoms with Gasteiger partial charge < -0.3 is 10.0 Å². The molecule has 120 valence electrons. The molecule has 1 fully saturated rings. The first-order valence-electron chi connectivity index (χ1n) is 7.91. The Hall–Kier alpha value is -1.78. The van der Waals surface area contributed by atoms with Gasteiger partial charge in [0, 0.05) is 31.8 Å². The number of amides is 2. The van der Waals surface area contributed by atoms with Crippen LogP contribution in [0.4, 0.5) is 4.79 Å². The highest BCUT2D eigenvalue weighted by Crippen LogP contribution is 2.55. The Morgan fingerprint density at radius 3 is 2.68 bits per heavy atom. The van der Waals surface area contributed by atoms with E-state index in [9.17, 15) is 14.7 Å². The van der Waals surface area contributed by atoms with E-state index in [1.54, 1.807) is 6.20 Å². The zero-order valence-electron chi connectivity index (χ0n) is 13.7. The van der Waals surface area contributed by atoms with Crippen molar-refractivity contribution in [3.05, 3.63) is 22.9 Å². The Bertz CT molecular complexity index is 601. The number of fused-ring (bicyclic) bond motifs is 2. The van der Waals surface area contributed by atoms with Crippen molar-refractivity contribution in [1.29, 1.82) is 0 Å². The van der Waals surface area contributed by atoms with Crippen LogP contribution in [-0.2, 0) is 4.79 Å². The summed E-state index contributed by atoms with van der Waals surface area (Å²) in [5.41, 5.74) is 3.22. The van der Waals surface area contributed by atoms with E-state index < -0.39 is 6.09 Å². The number of allylic oxidation sites excluding steroid dienone is 1. The normalized spacial score (nSPS) is 31.5. The molecule has 5 nitrogen and oxygen atoms in total. The van der Waals surface area contributed by atoms with Crippen molar-refractivity contribution in [2.45, 2.75) is 45.6 Å². The van der Waals surface area contributed by atoms with Crippen molar-refractivity contribution >= 4 is 12.0 Å². The van der Waals surface area contributed by atoms with E-state index in [2.05, 4.69) is 13.8 Å². The summed E-state index contributed by atoms with van der Waals surface area (Å²) in [5.74, 6) is -0.350. The molecule has 0 saturated carbocycles. The number of likely N-dealkylation sites (tertiary alicyclic amines) is 1. The molecule has 2 aliphatic carbocycles. The fourth-order valence-electron chi connectivity index (χ4n) is 4.54. The van der Waals surface area contributed by atoms with Gasteiger partial charge >= 0.3 is 6.09 Å². The third-order valence-electron chi connectivity index (χ3n) is 5.28. The maximum atomic E-state index is 12.6. The minimum atomic E-state index is -1.13. The van der Waals surface area contributed by atoms with Crippen molar-refractivity contribution in [2.24, 2.45) is 11.3 Å². The molecule has 2 amide bonds. The highest BCUT2D eigenvalue weighted by Gasteiger charge is 2.56. The first-order valence-corrected chi connectivity index (χ1v) is 7.91. The molecule has 0 aromatic heterocycles. The predicted octanol–water partition coefficient (Wildman–Crippen LogP) is 2.85. The van der Waals surface area contributed by atoms with E-state index in [-0.39, 0.29) is 23.3 Å². The van der Waals surface area contributed by atoms with Crippen LogP contribution < -0.4 is 0 Å². The topological polar surface area (TPSA) is 60.9 Å². The first kappa shape index (κ1) is 15.1. The van der Waals surface area contributed by atoms with Gasteiger partial charge in [-0.1, -0.05) is 19.4 Å². The summed E-state index contributed by atoms with van der Waals surface area (Å²) in [4.78, 5) is 27.2. The molecular formula is C17H24N2O3. The molecule has 3 aliphatic rings. The Balaban J connectivity index is 2.11. The number of carbonyl (C=O) groups excluding carboxylic acids is 1. The summed E-state index contributed by atoms with van der Waals surface area (Å²) in [6.45, 7) is 4.37. The molecule has 0 bridgehead atoms. The number of carbonyl (C=O) groups is 2. The number of rotatable bonds is 1. The zero-order chi connectivity index (χ0) is 16.2. The van der Waals surface area contributed by atoms with E-state index in [0.29, 0.717) is 5.57 Å². The van der Waals surface area contributed by atoms with Gasteiger partial charge in [-0.25, -0.2) is 9.69 Å². The predicted molar refractivity (Wildman–Crippen MR) is 83.2 cm³/mol. The van der Waals surface area contributed by atoms with Crippen LogP contribution in [0.15, 0.2) is 22.9 Å². The molecule has 2 atom stereocenters. The lowest BCUT2D eigenvalue weighted by Crippen LogP contribution is -2.42. The zero-order valence-corrected chi connectivity index (χ0v) is 13.7. The molecule has 5 heteroatoms. The second kappa shape index (κ2) is 4.86. The molecule has 0 aromatic rings. The van der Waals surface area contributed by atoms with Crippen LogP contribution in [0.1, 0.15) is 39.5 Å². The summed E-state index contributed by atoms with van der Waals surface area (Å²) >= 11 is 0. The van der Waals surface area contributed by atoms with Gasteiger partial charge in [-0.15, -0.1) is 0 Å². The second-order valence-electron chi connectivity index (χ2n) is 7.52. The van der Waals surface area contributed by atoms with Crippen LogP contribution in [0.3, 0.4) is 0 Å². The van der Waals surface area contributed by atoms with Gasteiger partial charge in [0.15, 0.2) is 0 Å². The molecule has 2 unspecified atom stereocenters. The lowest BCUT2D eigenvalue weighted by molar-refractivity contribution is -0.124. The molecule has 1 aliphatic heterocycles. The molecule has 1 saturated heterocycles. The van der Waals surface area contributed by atoms with E-state index in [1.165, 1.54) is 11.1 Å². The number of nitrogens with zero attached hydrogens (tertiary/aromatic N) is 2. The van der Waals surface area contributed by atoms with Crippen molar-refractivity contribution in [3.63, 3.8) is 0 Å². The Kier molecular flexibility index (Phi) is 3.34. The summed E-state index contributed by atoms with van der Waals surface area (Å²) in [5, 5.41) is 9.58. The van der Waals surface area contributed by atoms with Gasteiger partial charge in [-0.05, 0) is 36.7 Å². The fraction of sp³-hybridized carbons (Fsp3) is 0.647. The number of carboxylic acid groups (broad SMARTS) is 1. The largest absolute Gasteiger partial charge is 0.465 e. The van der Waals surface area contributed by atoms with Crippen LogP contribution in [0.25, 0.3) is 0 Å². The average molecular weight is 304 g/mol. The maximum Gasteiger partial charge on any atom is 0.414 e. The van der Waals surface area contributed by atoms with Gasteiger partial charge in [-0.3, -0.25) is 4.79 Å². The standard InChI is InChI=1S/C17H24N2O3/c1-17(2)7-5-6-10-8-11-12(9-18(3)4)15(20)19(16(21)22)14(11)13(10)17/h9,11,14H,5-8H2,1-4H3,(H,21,22). The molecule has 3 rings (SSSR count). The van der Waals surface area contributed by atoms with Crippen molar-refractivity contribution in [1.82, 2.24) is 9.80 Å². The highest BCUT2D eigenvalue weighted by molar-refractivity contribution is 6.06. The number of imide groups is 1. The minimum absolute atomic E-state index is 0.00613. The van der Waals surface area contributed by atoms with Gasteiger partial charge in [0.05, 0.1) is 6.04 Å². The van der Waals surface area contributed by atoms with Crippen molar-refractivity contribution in [2.75, 3.05) is 14.1 Å². The number of hydrogen-bond acceptors (Lipinski definition) is 3. The fourth-order valence-corrected chi connectivity index (χ4v) is 4.54. The summed E-state index contributed by atoms with van der Waals surface area (Å²) in [6.07, 6.45) is 4.76. The molecule has 1 heterocycles. The lowest BCUT2D eigenvalue weighted by atomic mass is 9.72. The average Bonchev–Trinajstić information content (AvgIpc) is 2.85. The smallest absolute Gasteiger partial charge is 0.414 e. The lowest BCUT2D eigenvalue weighted by Gasteiger charge is -2.37. The van der Waals surface area contributed by atoms with E-state index >= 15 is 0 Å². The Morgan fingerprint density at radius 1 is 1.41 bits per heavy atom. The van der Waals surface area contributed by atoms with Crippen LogP contribution in [0, 0.1) is 11.3 Å². The van der Waals surface area contributed by atoms with E-state index in [1.807, 2.05) is 19.0 Å². The van der Waals surface area contributed by atoms with Gasteiger partial charge in [-0.2, -0.15) is 0 Å². The molecule has 1 N–H and O–H groups in total. The van der Waals surface area contributed by atoms with Crippen LogP contribution in [0.2, 0.25) is 0 Å². The van der Waals surface area contributed by atoms with E-state index in [0.717, 1.165) is 30.6 Å². The van der Waals surface area contributed by atoms with Crippen LogP contribution in [-0.4, -0.2) is 47.0 Å². The van der Waals surface area contributed by atoms with Gasteiger partial charge in [0.2, 0.25) is 0 Å². The third-order valence-corrected chi connectivity index (χ3v) is 5.28. The molecular weight excluding hydrogens is 280 g/mol.